The maximum absolute atomic E-state index is 13.1. The molecule has 2 amide bonds. The second-order valence-electron chi connectivity index (χ2n) is 5.63. The summed E-state index contributed by atoms with van der Waals surface area (Å²) in [4.78, 5) is 25.7. The van der Waals surface area contributed by atoms with E-state index in [0.717, 1.165) is 6.07 Å². The molecule has 0 saturated carbocycles. The zero-order chi connectivity index (χ0) is 19.9. The van der Waals surface area contributed by atoms with Crippen LogP contribution < -0.4 is 4.90 Å². The van der Waals surface area contributed by atoms with Crippen LogP contribution in [0.25, 0.3) is 5.57 Å². The number of halogens is 5. The standard InChI is InChI=1S/C18H10ClF4NO2S/c1-9(10-2-4-11(20)5-3-10)15-16(25)24(17(26)27-15)12-6-7-14(19)13(8-12)18(21,22)23/h2-8H,1H3/b15-9-. The summed E-state index contributed by atoms with van der Waals surface area (Å²) in [7, 11) is 0. The number of hydrogen-bond acceptors (Lipinski definition) is 3. The molecule has 0 atom stereocenters. The first kappa shape index (κ1) is 19.4. The van der Waals surface area contributed by atoms with E-state index in [0.29, 0.717) is 33.9 Å². The monoisotopic (exact) mass is 415 g/mol. The summed E-state index contributed by atoms with van der Waals surface area (Å²) >= 11 is 6.19. The highest BCUT2D eigenvalue weighted by Gasteiger charge is 2.40. The molecule has 0 aliphatic carbocycles. The van der Waals surface area contributed by atoms with Crippen molar-refractivity contribution in [3.8, 4) is 0 Å². The molecule has 27 heavy (non-hydrogen) atoms. The Bertz CT molecular complexity index is 970. The molecule has 0 N–H and O–H groups in total. The third kappa shape index (κ3) is 3.72. The van der Waals surface area contributed by atoms with Gasteiger partial charge in [-0.05, 0) is 60.2 Å². The molecule has 0 spiro atoms. The van der Waals surface area contributed by atoms with Crippen LogP contribution in [0.4, 0.5) is 28.0 Å². The zero-order valence-electron chi connectivity index (χ0n) is 13.6. The maximum Gasteiger partial charge on any atom is 0.417 e. The number of hydrogen-bond donors (Lipinski definition) is 0. The second kappa shape index (κ2) is 7.01. The summed E-state index contributed by atoms with van der Waals surface area (Å²) in [6, 6.07) is 8.12. The summed E-state index contributed by atoms with van der Waals surface area (Å²) in [5.41, 5.74) is -0.420. The van der Waals surface area contributed by atoms with E-state index in [9.17, 15) is 27.2 Å². The van der Waals surface area contributed by atoms with Gasteiger partial charge >= 0.3 is 6.18 Å². The largest absolute Gasteiger partial charge is 0.417 e. The lowest BCUT2D eigenvalue weighted by atomic mass is 10.1. The molecule has 0 bridgehead atoms. The van der Waals surface area contributed by atoms with Gasteiger partial charge in [0.1, 0.15) is 5.82 Å². The number of alkyl halides is 3. The van der Waals surface area contributed by atoms with Crippen molar-refractivity contribution in [1.29, 1.82) is 0 Å². The van der Waals surface area contributed by atoms with Crippen LogP contribution in [0.2, 0.25) is 5.02 Å². The Balaban J connectivity index is 2.02. The zero-order valence-corrected chi connectivity index (χ0v) is 15.2. The van der Waals surface area contributed by atoms with Crippen molar-refractivity contribution in [2.24, 2.45) is 0 Å². The average molecular weight is 416 g/mol. The van der Waals surface area contributed by atoms with E-state index in [1.54, 1.807) is 6.92 Å². The molecule has 1 saturated heterocycles. The van der Waals surface area contributed by atoms with Crippen LogP contribution in [0.15, 0.2) is 47.4 Å². The SMILES string of the molecule is C/C(=C1/SC(=O)N(c2ccc(Cl)c(C(F)(F)F)c2)C1=O)c1ccc(F)cc1. The third-order valence-electron chi connectivity index (χ3n) is 3.90. The molecular formula is C18H10ClF4NO2S. The average Bonchev–Trinajstić information content (AvgIpc) is 2.89. The molecule has 1 aliphatic heterocycles. The summed E-state index contributed by atoms with van der Waals surface area (Å²) in [6.07, 6.45) is -4.73. The minimum Gasteiger partial charge on any atom is -0.268 e. The summed E-state index contributed by atoms with van der Waals surface area (Å²) in [6.45, 7) is 1.58. The number of anilines is 1. The van der Waals surface area contributed by atoms with Crippen LogP contribution in [-0.2, 0) is 11.0 Å². The van der Waals surface area contributed by atoms with Gasteiger partial charge in [-0.3, -0.25) is 9.59 Å². The number of rotatable bonds is 2. The van der Waals surface area contributed by atoms with Crippen LogP contribution in [-0.4, -0.2) is 11.1 Å². The Morgan fingerprint density at radius 2 is 1.70 bits per heavy atom. The molecule has 9 heteroatoms. The normalized spacial score (nSPS) is 16.9. The van der Waals surface area contributed by atoms with Crippen LogP contribution in [0.3, 0.4) is 0 Å². The van der Waals surface area contributed by atoms with E-state index in [1.165, 1.54) is 30.3 Å². The lowest BCUT2D eigenvalue weighted by molar-refractivity contribution is -0.137. The van der Waals surface area contributed by atoms with E-state index in [4.69, 9.17) is 11.6 Å². The van der Waals surface area contributed by atoms with Crippen LogP contribution >= 0.6 is 23.4 Å². The molecule has 1 heterocycles. The first-order valence-corrected chi connectivity index (χ1v) is 8.69. The molecule has 3 rings (SSSR count). The molecule has 3 nitrogen and oxygen atoms in total. The van der Waals surface area contributed by atoms with Gasteiger partial charge in [0.2, 0.25) is 0 Å². The highest BCUT2D eigenvalue weighted by Crippen LogP contribution is 2.42. The van der Waals surface area contributed by atoms with E-state index < -0.39 is 33.7 Å². The van der Waals surface area contributed by atoms with Crippen LogP contribution in [0.5, 0.6) is 0 Å². The van der Waals surface area contributed by atoms with Crippen molar-refractivity contribution in [2.45, 2.75) is 13.1 Å². The van der Waals surface area contributed by atoms with Gasteiger partial charge < -0.3 is 0 Å². The second-order valence-corrected chi connectivity index (χ2v) is 7.00. The minimum absolute atomic E-state index is 0.0649. The van der Waals surface area contributed by atoms with Gasteiger partial charge in [-0.25, -0.2) is 9.29 Å². The van der Waals surface area contributed by atoms with Crippen molar-refractivity contribution in [1.82, 2.24) is 0 Å². The molecule has 1 fully saturated rings. The molecule has 0 radical (unpaired) electrons. The quantitative estimate of drug-likeness (QED) is 0.437. The van der Waals surface area contributed by atoms with Gasteiger partial charge in [0.05, 0.1) is 21.2 Å². The third-order valence-corrected chi connectivity index (χ3v) is 5.27. The predicted octanol–water partition coefficient (Wildman–Crippen LogP) is 6.13. The molecule has 140 valence electrons. The minimum atomic E-state index is -4.73. The van der Waals surface area contributed by atoms with E-state index in [-0.39, 0.29) is 10.6 Å². The number of amides is 2. The maximum atomic E-state index is 13.1. The number of nitrogens with zero attached hydrogens (tertiary/aromatic N) is 1. The van der Waals surface area contributed by atoms with Crippen molar-refractivity contribution < 1.29 is 27.2 Å². The Morgan fingerprint density at radius 1 is 1.07 bits per heavy atom. The number of thioether (sulfide) groups is 1. The van der Waals surface area contributed by atoms with Crippen molar-refractivity contribution >= 4 is 45.8 Å². The van der Waals surface area contributed by atoms with Gasteiger partial charge in [0.15, 0.2) is 0 Å². The van der Waals surface area contributed by atoms with Gasteiger partial charge in [0.25, 0.3) is 11.1 Å². The highest BCUT2D eigenvalue weighted by atomic mass is 35.5. The van der Waals surface area contributed by atoms with Crippen molar-refractivity contribution in [3.05, 3.63) is 69.3 Å². The van der Waals surface area contributed by atoms with Gasteiger partial charge in [0, 0.05) is 0 Å². The highest BCUT2D eigenvalue weighted by molar-refractivity contribution is 8.19. The smallest absolute Gasteiger partial charge is 0.268 e. The Kier molecular flexibility index (Phi) is 5.05. The fourth-order valence-corrected chi connectivity index (χ4v) is 3.65. The molecular weight excluding hydrogens is 406 g/mol. The summed E-state index contributed by atoms with van der Waals surface area (Å²) < 4.78 is 52.2. The Morgan fingerprint density at radius 3 is 2.30 bits per heavy atom. The lowest BCUT2D eigenvalue weighted by Gasteiger charge is -2.16. The molecule has 2 aromatic rings. The number of allylic oxidation sites excluding steroid dienone is 1. The van der Waals surface area contributed by atoms with Gasteiger partial charge in [-0.15, -0.1) is 0 Å². The van der Waals surface area contributed by atoms with Gasteiger partial charge in [-0.1, -0.05) is 23.7 Å². The predicted molar refractivity (Wildman–Crippen MR) is 95.9 cm³/mol. The first-order valence-electron chi connectivity index (χ1n) is 7.49. The first-order chi connectivity index (χ1) is 12.6. The Hall–Kier alpha value is -2.32. The lowest BCUT2D eigenvalue weighted by Crippen LogP contribution is -2.28. The number of imide groups is 1. The van der Waals surface area contributed by atoms with E-state index in [1.807, 2.05) is 0 Å². The number of carbonyl (C=O) groups is 2. The number of benzene rings is 2. The van der Waals surface area contributed by atoms with E-state index in [2.05, 4.69) is 0 Å². The molecule has 2 aromatic carbocycles. The summed E-state index contributed by atoms with van der Waals surface area (Å²) in [5, 5.41) is -1.26. The molecule has 0 unspecified atom stereocenters. The fraction of sp³-hybridized carbons (Fsp3) is 0.111. The topological polar surface area (TPSA) is 37.4 Å². The number of carbonyl (C=O) groups excluding carboxylic acids is 2. The summed E-state index contributed by atoms with van der Waals surface area (Å²) in [5.74, 6) is -1.21. The Labute approximate surface area is 160 Å². The molecule has 0 aromatic heterocycles. The fourth-order valence-electron chi connectivity index (χ4n) is 2.52. The van der Waals surface area contributed by atoms with E-state index >= 15 is 0 Å². The van der Waals surface area contributed by atoms with Gasteiger partial charge in [-0.2, -0.15) is 13.2 Å². The van der Waals surface area contributed by atoms with Crippen LogP contribution in [0, 0.1) is 5.82 Å². The molecule has 1 aliphatic rings. The van der Waals surface area contributed by atoms with Crippen LogP contribution in [0.1, 0.15) is 18.1 Å². The van der Waals surface area contributed by atoms with Crippen molar-refractivity contribution in [3.63, 3.8) is 0 Å². The van der Waals surface area contributed by atoms with Crippen molar-refractivity contribution in [2.75, 3.05) is 4.90 Å².